The average Bonchev–Trinajstić information content (AvgIpc) is 2.71. The van der Waals surface area contributed by atoms with Gasteiger partial charge in [-0.3, -0.25) is 9.59 Å². The zero-order valence-electron chi connectivity index (χ0n) is 16.9. The number of carbonyl (C=O) groups excluding carboxylic acids is 2. The molecule has 4 nitrogen and oxygen atoms in total. The molecule has 0 bridgehead atoms. The summed E-state index contributed by atoms with van der Waals surface area (Å²) in [5.74, 6) is -1.01. The van der Waals surface area contributed by atoms with Gasteiger partial charge in [-0.05, 0) is 81.3 Å². The van der Waals surface area contributed by atoms with Gasteiger partial charge in [-0.25, -0.2) is 4.39 Å². The second-order valence-electron chi connectivity index (χ2n) is 7.86. The van der Waals surface area contributed by atoms with Gasteiger partial charge in [0.2, 0.25) is 0 Å². The highest BCUT2D eigenvalue weighted by molar-refractivity contribution is 6.42. The molecule has 7 heteroatoms. The monoisotopic (exact) mass is 451 g/mol. The third kappa shape index (κ3) is 5.52. The largest absolute Gasteiger partial charge is 0.463 e. The molecular formula is C23H24Cl2FNO3. The normalized spacial score (nSPS) is 18.9. The molecule has 1 fully saturated rings. The highest BCUT2D eigenvalue weighted by Crippen LogP contribution is 2.37. The molecule has 1 saturated carbocycles. The van der Waals surface area contributed by atoms with Crippen LogP contribution in [0.15, 0.2) is 36.4 Å². The molecule has 0 aromatic heterocycles. The number of anilines is 1. The molecule has 2 aromatic rings. The van der Waals surface area contributed by atoms with E-state index in [1.807, 2.05) is 19.9 Å². The number of hydrogen-bond acceptors (Lipinski definition) is 3. The standard InChI is InChI=1S/C23H24Cl2FNO3/c1-13(2)30-23(29)15-5-3-14(4-6-15)16-8-10-21(20(26)12-16)27-22(28)17-7-9-18(24)19(25)11-17/h7-15H,3-6H2,1-2H3,(H,27,28)/t14-,15-. The van der Waals surface area contributed by atoms with Crippen molar-refractivity contribution in [3.05, 3.63) is 63.4 Å². The second-order valence-corrected chi connectivity index (χ2v) is 8.67. The van der Waals surface area contributed by atoms with Gasteiger partial charge in [0, 0.05) is 5.56 Å². The number of benzene rings is 2. The van der Waals surface area contributed by atoms with Crippen LogP contribution in [-0.2, 0) is 9.53 Å². The van der Waals surface area contributed by atoms with Gasteiger partial charge in [-0.2, -0.15) is 0 Å². The highest BCUT2D eigenvalue weighted by Gasteiger charge is 2.29. The van der Waals surface area contributed by atoms with Gasteiger partial charge in [0.05, 0.1) is 27.8 Å². The summed E-state index contributed by atoms with van der Waals surface area (Å²) in [6, 6.07) is 9.34. The van der Waals surface area contributed by atoms with Crippen LogP contribution in [0.3, 0.4) is 0 Å². The maximum Gasteiger partial charge on any atom is 0.309 e. The lowest BCUT2D eigenvalue weighted by atomic mass is 9.78. The molecule has 2 aromatic carbocycles. The van der Waals surface area contributed by atoms with Crippen LogP contribution in [0.1, 0.15) is 61.4 Å². The predicted octanol–water partition coefficient (Wildman–Crippen LogP) is 6.61. The lowest BCUT2D eigenvalue weighted by Gasteiger charge is -2.28. The minimum absolute atomic E-state index is 0.0849. The van der Waals surface area contributed by atoms with Crippen molar-refractivity contribution in [2.24, 2.45) is 5.92 Å². The number of nitrogens with one attached hydrogen (secondary N) is 1. The fourth-order valence-corrected chi connectivity index (χ4v) is 4.01. The van der Waals surface area contributed by atoms with E-state index in [-0.39, 0.29) is 34.6 Å². The van der Waals surface area contributed by atoms with E-state index in [0.29, 0.717) is 10.6 Å². The van der Waals surface area contributed by atoms with Gasteiger partial charge in [0.25, 0.3) is 5.91 Å². The van der Waals surface area contributed by atoms with Crippen molar-refractivity contribution in [2.75, 3.05) is 5.32 Å². The number of ether oxygens (including phenoxy) is 1. The summed E-state index contributed by atoms with van der Waals surface area (Å²) >= 11 is 11.8. The van der Waals surface area contributed by atoms with E-state index >= 15 is 0 Å². The van der Waals surface area contributed by atoms with Gasteiger partial charge in [0.1, 0.15) is 5.82 Å². The Morgan fingerprint density at radius 3 is 2.33 bits per heavy atom. The Morgan fingerprint density at radius 1 is 1.03 bits per heavy atom. The van der Waals surface area contributed by atoms with E-state index in [9.17, 15) is 14.0 Å². The molecule has 0 heterocycles. The van der Waals surface area contributed by atoms with Gasteiger partial charge in [-0.1, -0.05) is 29.3 Å². The predicted molar refractivity (Wildman–Crippen MR) is 117 cm³/mol. The maximum absolute atomic E-state index is 14.6. The van der Waals surface area contributed by atoms with Crippen LogP contribution in [0.2, 0.25) is 10.0 Å². The molecule has 1 amide bonds. The van der Waals surface area contributed by atoms with E-state index in [2.05, 4.69) is 5.32 Å². The highest BCUT2D eigenvalue weighted by atomic mass is 35.5. The second kappa shape index (κ2) is 9.80. The van der Waals surface area contributed by atoms with Crippen LogP contribution in [0.4, 0.5) is 10.1 Å². The summed E-state index contributed by atoms with van der Waals surface area (Å²) in [5.41, 5.74) is 1.26. The molecule has 3 rings (SSSR count). The molecule has 30 heavy (non-hydrogen) atoms. The minimum Gasteiger partial charge on any atom is -0.463 e. The van der Waals surface area contributed by atoms with Crippen LogP contribution < -0.4 is 5.32 Å². The SMILES string of the molecule is CC(C)OC(=O)[C@H]1CC[C@H](c2ccc(NC(=O)c3ccc(Cl)c(Cl)c3)c(F)c2)CC1. The number of carbonyl (C=O) groups is 2. The van der Waals surface area contributed by atoms with E-state index < -0.39 is 11.7 Å². The summed E-state index contributed by atoms with van der Waals surface area (Å²) in [4.78, 5) is 24.4. The van der Waals surface area contributed by atoms with Crippen molar-refractivity contribution >= 4 is 40.8 Å². The number of esters is 1. The molecule has 1 aliphatic carbocycles. The number of amides is 1. The molecule has 0 radical (unpaired) electrons. The van der Waals surface area contributed by atoms with Crippen LogP contribution in [0, 0.1) is 11.7 Å². The summed E-state index contributed by atoms with van der Waals surface area (Å²) in [7, 11) is 0. The zero-order valence-corrected chi connectivity index (χ0v) is 18.4. The van der Waals surface area contributed by atoms with E-state index in [1.54, 1.807) is 6.07 Å². The molecular weight excluding hydrogens is 428 g/mol. The molecule has 0 spiro atoms. The fraction of sp³-hybridized carbons (Fsp3) is 0.391. The lowest BCUT2D eigenvalue weighted by Crippen LogP contribution is -2.25. The molecule has 1 aliphatic rings. The minimum atomic E-state index is -0.498. The van der Waals surface area contributed by atoms with Gasteiger partial charge in [-0.15, -0.1) is 0 Å². The average molecular weight is 452 g/mol. The van der Waals surface area contributed by atoms with Gasteiger partial charge >= 0.3 is 5.97 Å². The first-order valence-corrected chi connectivity index (χ1v) is 10.8. The van der Waals surface area contributed by atoms with E-state index in [4.69, 9.17) is 27.9 Å². The number of hydrogen-bond donors (Lipinski definition) is 1. The smallest absolute Gasteiger partial charge is 0.309 e. The first-order chi connectivity index (χ1) is 14.2. The molecule has 0 saturated heterocycles. The quantitative estimate of drug-likeness (QED) is 0.520. The van der Waals surface area contributed by atoms with Crippen molar-refractivity contribution in [3.63, 3.8) is 0 Å². The first kappa shape index (κ1) is 22.6. The third-order valence-corrected chi connectivity index (χ3v) is 6.05. The first-order valence-electron chi connectivity index (χ1n) is 10.0. The number of rotatable bonds is 5. The van der Waals surface area contributed by atoms with Crippen molar-refractivity contribution in [1.82, 2.24) is 0 Å². The summed E-state index contributed by atoms with van der Waals surface area (Å²) in [5, 5.41) is 3.17. The van der Waals surface area contributed by atoms with Crippen LogP contribution in [0.25, 0.3) is 0 Å². The van der Waals surface area contributed by atoms with Gasteiger partial charge < -0.3 is 10.1 Å². The lowest BCUT2D eigenvalue weighted by molar-refractivity contribution is -0.153. The Morgan fingerprint density at radius 2 is 1.73 bits per heavy atom. The Balaban J connectivity index is 1.62. The van der Waals surface area contributed by atoms with Crippen molar-refractivity contribution in [1.29, 1.82) is 0 Å². The molecule has 0 aliphatic heterocycles. The van der Waals surface area contributed by atoms with Crippen molar-refractivity contribution < 1.29 is 18.7 Å². The van der Waals surface area contributed by atoms with Crippen LogP contribution >= 0.6 is 23.2 Å². The molecule has 1 N–H and O–H groups in total. The summed E-state index contributed by atoms with van der Waals surface area (Å²) in [6.07, 6.45) is 2.94. The topological polar surface area (TPSA) is 55.4 Å². The molecule has 160 valence electrons. The zero-order chi connectivity index (χ0) is 21.8. The summed E-state index contributed by atoms with van der Waals surface area (Å²) < 4.78 is 19.9. The Kier molecular flexibility index (Phi) is 7.37. The Labute approximate surface area is 185 Å². The number of halogens is 3. The van der Waals surface area contributed by atoms with Crippen molar-refractivity contribution in [2.45, 2.75) is 51.6 Å². The third-order valence-electron chi connectivity index (χ3n) is 5.31. The molecule has 0 unspecified atom stereocenters. The Bertz CT molecular complexity index is 940. The van der Waals surface area contributed by atoms with Crippen LogP contribution in [0.5, 0.6) is 0 Å². The van der Waals surface area contributed by atoms with E-state index in [1.165, 1.54) is 24.3 Å². The molecule has 0 atom stereocenters. The van der Waals surface area contributed by atoms with Crippen molar-refractivity contribution in [3.8, 4) is 0 Å². The van der Waals surface area contributed by atoms with Gasteiger partial charge in [0.15, 0.2) is 0 Å². The summed E-state index contributed by atoms with van der Waals surface area (Å²) in [6.45, 7) is 3.68. The fourth-order valence-electron chi connectivity index (χ4n) is 3.71. The Hall–Kier alpha value is -2.11. The maximum atomic E-state index is 14.6. The van der Waals surface area contributed by atoms with E-state index in [0.717, 1.165) is 31.2 Å². The van der Waals surface area contributed by atoms with Crippen LogP contribution in [-0.4, -0.2) is 18.0 Å².